The number of rotatable bonds is 4. The Morgan fingerprint density at radius 3 is 2.59 bits per heavy atom. The minimum Gasteiger partial charge on any atom is -0.465 e. The van der Waals surface area contributed by atoms with Gasteiger partial charge in [-0.1, -0.05) is 18.2 Å². The molecule has 7 nitrogen and oxygen atoms in total. The predicted molar refractivity (Wildman–Crippen MR) is 98.5 cm³/mol. The molecule has 0 atom stereocenters. The summed E-state index contributed by atoms with van der Waals surface area (Å²) in [4.78, 5) is 28.5. The van der Waals surface area contributed by atoms with E-state index in [1.807, 2.05) is 12.1 Å². The Labute approximate surface area is 155 Å². The average molecular weight is 373 g/mol. The lowest BCUT2D eigenvalue weighted by Crippen LogP contribution is -2.35. The van der Waals surface area contributed by atoms with Gasteiger partial charge in [-0.2, -0.15) is 0 Å². The van der Waals surface area contributed by atoms with Crippen molar-refractivity contribution in [1.29, 1.82) is 0 Å². The van der Waals surface area contributed by atoms with Gasteiger partial charge >= 0.3 is 12.2 Å². The molecular weight excluding hydrogens is 353 g/mol. The number of pyridine rings is 1. The number of halogens is 1. The van der Waals surface area contributed by atoms with Crippen molar-refractivity contribution in [3.63, 3.8) is 0 Å². The Balaban J connectivity index is 1.63. The van der Waals surface area contributed by atoms with Gasteiger partial charge in [0.2, 0.25) is 0 Å². The summed E-state index contributed by atoms with van der Waals surface area (Å²) in [5, 5.41) is 19.4. The molecule has 2 N–H and O–H groups in total. The topological polar surface area (TPSA) is 94.0 Å². The van der Waals surface area contributed by atoms with E-state index in [-0.39, 0.29) is 18.3 Å². The normalized spacial score (nSPS) is 15.4. The van der Waals surface area contributed by atoms with Crippen LogP contribution in [0.3, 0.4) is 0 Å². The van der Waals surface area contributed by atoms with Crippen LogP contribution in [-0.4, -0.2) is 51.9 Å². The standard InChI is InChI=1S/C19H20FN3O4/c20-15-4-3-14-5-8-21-17(16(14)12-15)22-10-6-13(7-11-22)2-1-9-23(18(24)25)19(26)27/h1-5,8,12-13H,6-7,9-11H2,(H,24,25)(H,26,27). The highest BCUT2D eigenvalue weighted by molar-refractivity contribution is 5.92. The van der Waals surface area contributed by atoms with Crippen molar-refractivity contribution < 1.29 is 24.2 Å². The van der Waals surface area contributed by atoms with Gasteiger partial charge in [-0.15, -0.1) is 0 Å². The first-order valence-electron chi connectivity index (χ1n) is 8.65. The van der Waals surface area contributed by atoms with E-state index in [9.17, 15) is 14.0 Å². The first kappa shape index (κ1) is 18.6. The van der Waals surface area contributed by atoms with E-state index < -0.39 is 12.2 Å². The molecule has 0 saturated carbocycles. The maximum absolute atomic E-state index is 13.6. The van der Waals surface area contributed by atoms with Gasteiger partial charge in [-0.05, 0) is 42.3 Å². The molecule has 142 valence electrons. The SMILES string of the molecule is O=C(O)N(CC=CC1CCN(c2nccc3ccc(F)cc23)CC1)C(=O)O. The molecule has 1 aliphatic heterocycles. The Kier molecular flexibility index (Phi) is 5.54. The number of fused-ring (bicyclic) bond motifs is 1. The molecule has 0 spiro atoms. The molecule has 1 fully saturated rings. The zero-order chi connectivity index (χ0) is 19.4. The van der Waals surface area contributed by atoms with Crippen LogP contribution in [0.15, 0.2) is 42.6 Å². The van der Waals surface area contributed by atoms with Gasteiger partial charge in [0.05, 0.1) is 6.54 Å². The number of piperidine rings is 1. The number of nitrogens with zero attached hydrogens (tertiary/aromatic N) is 3. The number of hydrogen-bond donors (Lipinski definition) is 2. The summed E-state index contributed by atoms with van der Waals surface area (Å²) in [5.41, 5.74) is 0. The van der Waals surface area contributed by atoms with Gasteiger partial charge < -0.3 is 15.1 Å². The molecule has 0 radical (unpaired) electrons. The fourth-order valence-corrected chi connectivity index (χ4v) is 3.28. The molecule has 0 aliphatic carbocycles. The Bertz CT molecular complexity index is 864. The second-order valence-corrected chi connectivity index (χ2v) is 6.43. The third-order valence-corrected chi connectivity index (χ3v) is 4.70. The monoisotopic (exact) mass is 373 g/mol. The lowest BCUT2D eigenvalue weighted by atomic mass is 9.96. The van der Waals surface area contributed by atoms with E-state index in [2.05, 4.69) is 9.88 Å². The highest BCUT2D eigenvalue weighted by atomic mass is 19.1. The molecule has 1 aromatic heterocycles. The molecule has 2 heterocycles. The molecule has 27 heavy (non-hydrogen) atoms. The first-order valence-corrected chi connectivity index (χ1v) is 8.65. The zero-order valence-corrected chi connectivity index (χ0v) is 14.6. The Morgan fingerprint density at radius 1 is 1.22 bits per heavy atom. The number of amides is 2. The van der Waals surface area contributed by atoms with Crippen LogP contribution in [-0.2, 0) is 0 Å². The van der Waals surface area contributed by atoms with Crippen LogP contribution in [0.4, 0.5) is 19.8 Å². The number of aromatic nitrogens is 1. The van der Waals surface area contributed by atoms with Gasteiger partial charge in [-0.25, -0.2) is 23.9 Å². The van der Waals surface area contributed by atoms with Crippen LogP contribution < -0.4 is 4.90 Å². The van der Waals surface area contributed by atoms with Crippen molar-refractivity contribution in [2.24, 2.45) is 5.92 Å². The molecule has 1 aromatic carbocycles. The van der Waals surface area contributed by atoms with Crippen LogP contribution in [0.1, 0.15) is 12.8 Å². The minimum atomic E-state index is -1.49. The van der Waals surface area contributed by atoms with E-state index in [0.29, 0.717) is 4.90 Å². The molecule has 2 aromatic rings. The van der Waals surface area contributed by atoms with Crippen molar-refractivity contribution in [2.75, 3.05) is 24.5 Å². The molecule has 2 amide bonds. The average Bonchev–Trinajstić information content (AvgIpc) is 2.64. The van der Waals surface area contributed by atoms with Crippen molar-refractivity contribution in [3.8, 4) is 0 Å². The number of carboxylic acid groups (broad SMARTS) is 2. The molecule has 1 aliphatic rings. The second kappa shape index (κ2) is 8.03. The van der Waals surface area contributed by atoms with Gasteiger partial charge in [-0.3, -0.25) is 0 Å². The van der Waals surface area contributed by atoms with Gasteiger partial charge in [0.1, 0.15) is 11.6 Å². The van der Waals surface area contributed by atoms with Gasteiger partial charge in [0.15, 0.2) is 0 Å². The smallest absolute Gasteiger partial charge is 0.417 e. The summed E-state index contributed by atoms with van der Waals surface area (Å²) in [6.45, 7) is 1.29. The van der Waals surface area contributed by atoms with E-state index >= 15 is 0 Å². The summed E-state index contributed by atoms with van der Waals surface area (Å²) in [7, 11) is 0. The molecule has 1 saturated heterocycles. The molecule has 8 heteroatoms. The lowest BCUT2D eigenvalue weighted by molar-refractivity contribution is 0.127. The van der Waals surface area contributed by atoms with Crippen LogP contribution in [0.5, 0.6) is 0 Å². The summed E-state index contributed by atoms with van der Waals surface area (Å²) in [5.74, 6) is 0.700. The molecule has 0 unspecified atom stereocenters. The predicted octanol–water partition coefficient (Wildman–Crippen LogP) is 3.80. The van der Waals surface area contributed by atoms with E-state index in [0.717, 1.165) is 42.5 Å². The summed E-state index contributed by atoms with van der Waals surface area (Å²) < 4.78 is 13.6. The second-order valence-electron chi connectivity index (χ2n) is 6.43. The van der Waals surface area contributed by atoms with Gasteiger partial charge in [0, 0.05) is 24.7 Å². The van der Waals surface area contributed by atoms with Crippen LogP contribution in [0, 0.1) is 11.7 Å². The van der Waals surface area contributed by atoms with Crippen molar-refractivity contribution in [1.82, 2.24) is 9.88 Å². The number of imide groups is 1. The summed E-state index contributed by atoms with van der Waals surface area (Å²) in [6, 6.07) is 6.52. The molecule has 0 bridgehead atoms. The van der Waals surface area contributed by atoms with Crippen molar-refractivity contribution >= 4 is 28.8 Å². The Morgan fingerprint density at radius 2 is 1.93 bits per heavy atom. The third kappa shape index (κ3) is 4.33. The first-order chi connectivity index (χ1) is 13.0. The molecular formula is C19H20FN3O4. The summed E-state index contributed by atoms with van der Waals surface area (Å²) >= 11 is 0. The number of benzene rings is 1. The van der Waals surface area contributed by atoms with E-state index in [1.165, 1.54) is 12.1 Å². The maximum atomic E-state index is 13.6. The van der Waals surface area contributed by atoms with Crippen LogP contribution >= 0.6 is 0 Å². The largest absolute Gasteiger partial charge is 0.465 e. The Hall–Kier alpha value is -3.16. The van der Waals surface area contributed by atoms with Crippen molar-refractivity contribution in [2.45, 2.75) is 12.8 Å². The third-order valence-electron chi connectivity index (χ3n) is 4.70. The number of hydrogen-bond acceptors (Lipinski definition) is 4. The fraction of sp³-hybridized carbons (Fsp3) is 0.316. The highest BCUT2D eigenvalue weighted by Crippen LogP contribution is 2.29. The molecule has 3 rings (SSSR count). The highest BCUT2D eigenvalue weighted by Gasteiger charge is 2.21. The van der Waals surface area contributed by atoms with Gasteiger partial charge in [0.25, 0.3) is 0 Å². The quantitative estimate of drug-likeness (QED) is 0.792. The van der Waals surface area contributed by atoms with E-state index in [4.69, 9.17) is 10.2 Å². The number of anilines is 1. The maximum Gasteiger partial charge on any atom is 0.417 e. The lowest BCUT2D eigenvalue weighted by Gasteiger charge is -2.32. The minimum absolute atomic E-state index is 0.185. The number of carbonyl (C=O) groups is 2. The summed E-state index contributed by atoms with van der Waals surface area (Å²) in [6.07, 6.45) is 3.83. The van der Waals surface area contributed by atoms with Crippen molar-refractivity contribution in [3.05, 3.63) is 48.4 Å². The fourth-order valence-electron chi connectivity index (χ4n) is 3.28. The zero-order valence-electron chi connectivity index (χ0n) is 14.6. The van der Waals surface area contributed by atoms with E-state index in [1.54, 1.807) is 18.3 Å². The van der Waals surface area contributed by atoms with Crippen LogP contribution in [0.25, 0.3) is 10.8 Å². The van der Waals surface area contributed by atoms with Crippen LogP contribution in [0.2, 0.25) is 0 Å². The number of allylic oxidation sites excluding steroid dienone is 1.